The van der Waals surface area contributed by atoms with Crippen molar-refractivity contribution in [2.45, 2.75) is 25.7 Å². The minimum Gasteiger partial charge on any atom is -0.492 e. The van der Waals surface area contributed by atoms with E-state index in [0.717, 1.165) is 23.4 Å². The van der Waals surface area contributed by atoms with Crippen molar-refractivity contribution in [2.75, 3.05) is 18.5 Å². The van der Waals surface area contributed by atoms with E-state index in [1.54, 1.807) is 6.92 Å². The van der Waals surface area contributed by atoms with Crippen molar-refractivity contribution in [3.8, 4) is 5.75 Å². The van der Waals surface area contributed by atoms with Crippen LogP contribution in [-0.2, 0) is 17.5 Å². The van der Waals surface area contributed by atoms with E-state index >= 15 is 0 Å². The Kier molecular flexibility index (Phi) is 5.18. The fourth-order valence-electron chi connectivity index (χ4n) is 2.83. The number of fused-ring (bicyclic) bond motifs is 1. The highest BCUT2D eigenvalue weighted by Crippen LogP contribution is 2.30. The van der Waals surface area contributed by atoms with Crippen molar-refractivity contribution in [2.24, 2.45) is 0 Å². The molecule has 3 rings (SSSR count). The van der Waals surface area contributed by atoms with Crippen LogP contribution in [0.1, 0.15) is 18.1 Å². The Labute approximate surface area is 149 Å². The van der Waals surface area contributed by atoms with Gasteiger partial charge in [-0.1, -0.05) is 18.2 Å². The van der Waals surface area contributed by atoms with E-state index in [-0.39, 0.29) is 5.91 Å². The summed E-state index contributed by atoms with van der Waals surface area (Å²) in [5, 5.41) is 2.67. The van der Waals surface area contributed by atoms with Crippen LogP contribution in [0.5, 0.6) is 5.75 Å². The van der Waals surface area contributed by atoms with E-state index in [0.29, 0.717) is 25.4 Å². The quantitative estimate of drug-likeness (QED) is 0.897. The smallest absolute Gasteiger partial charge is 0.416 e. The number of para-hydroxylation sites is 1. The highest BCUT2D eigenvalue weighted by molar-refractivity contribution is 5.94. The first kappa shape index (κ1) is 18.3. The molecule has 0 radical (unpaired) electrons. The van der Waals surface area contributed by atoms with Gasteiger partial charge in [-0.2, -0.15) is 13.2 Å². The summed E-state index contributed by atoms with van der Waals surface area (Å²) >= 11 is 0. The van der Waals surface area contributed by atoms with E-state index in [1.165, 1.54) is 12.1 Å². The van der Waals surface area contributed by atoms with E-state index in [1.807, 2.05) is 29.2 Å². The minimum atomic E-state index is -4.39. The summed E-state index contributed by atoms with van der Waals surface area (Å²) in [4.78, 5) is 14.5. The number of amides is 1. The Morgan fingerprint density at radius 2 is 1.85 bits per heavy atom. The van der Waals surface area contributed by atoms with Gasteiger partial charge in [0.15, 0.2) is 0 Å². The van der Waals surface area contributed by atoms with Crippen molar-refractivity contribution in [1.29, 1.82) is 0 Å². The van der Waals surface area contributed by atoms with Gasteiger partial charge >= 0.3 is 6.18 Å². The van der Waals surface area contributed by atoms with Gasteiger partial charge in [0, 0.05) is 24.3 Å². The Hall–Kier alpha value is -2.54. The van der Waals surface area contributed by atoms with Crippen LogP contribution in [0.3, 0.4) is 0 Å². The van der Waals surface area contributed by atoms with Crippen LogP contribution in [0.2, 0.25) is 0 Å². The molecule has 138 valence electrons. The monoisotopic (exact) mass is 364 g/mol. The van der Waals surface area contributed by atoms with Gasteiger partial charge < -0.3 is 10.1 Å². The van der Waals surface area contributed by atoms with Gasteiger partial charge in [0.05, 0.1) is 11.6 Å². The molecule has 4 nitrogen and oxygen atoms in total. The standard InChI is InChI=1S/C19H19F3N2O2/c1-13(24-10-11-26-17-5-3-2-4-14(17)12-24)18(25)23-16-8-6-15(7-9-16)19(20,21)22/h2-9,13H,10-12H2,1H3,(H,23,25). The molecule has 0 spiro atoms. The summed E-state index contributed by atoms with van der Waals surface area (Å²) in [6, 6.07) is 11.6. The number of hydrogen-bond donors (Lipinski definition) is 1. The predicted octanol–water partition coefficient (Wildman–Crippen LogP) is 3.93. The van der Waals surface area contributed by atoms with Gasteiger partial charge in [-0.05, 0) is 37.3 Å². The van der Waals surface area contributed by atoms with Crippen molar-refractivity contribution in [3.05, 3.63) is 59.7 Å². The normalized spacial score (nSPS) is 16.2. The third-order valence-corrected chi connectivity index (χ3v) is 4.39. The van der Waals surface area contributed by atoms with Gasteiger partial charge in [0.1, 0.15) is 12.4 Å². The first-order chi connectivity index (χ1) is 12.3. The lowest BCUT2D eigenvalue weighted by atomic mass is 10.1. The zero-order valence-corrected chi connectivity index (χ0v) is 14.2. The molecule has 0 bridgehead atoms. The third kappa shape index (κ3) is 4.16. The number of rotatable bonds is 3. The lowest BCUT2D eigenvalue weighted by molar-refractivity contribution is -0.137. The third-order valence-electron chi connectivity index (χ3n) is 4.39. The van der Waals surface area contributed by atoms with Crippen LogP contribution >= 0.6 is 0 Å². The number of carbonyl (C=O) groups excluding carboxylic acids is 1. The molecule has 0 fully saturated rings. The molecular weight excluding hydrogens is 345 g/mol. The molecule has 1 aliphatic rings. The molecule has 1 unspecified atom stereocenters. The maximum absolute atomic E-state index is 12.6. The maximum atomic E-state index is 12.6. The van der Waals surface area contributed by atoms with Gasteiger partial charge in [-0.25, -0.2) is 0 Å². The number of anilines is 1. The molecule has 2 aromatic rings. The highest BCUT2D eigenvalue weighted by Gasteiger charge is 2.30. The van der Waals surface area contributed by atoms with E-state index in [4.69, 9.17) is 4.74 Å². The second-order valence-corrected chi connectivity index (χ2v) is 6.17. The molecule has 7 heteroatoms. The van der Waals surface area contributed by atoms with Crippen molar-refractivity contribution >= 4 is 11.6 Å². The molecule has 1 N–H and O–H groups in total. The number of alkyl halides is 3. The molecule has 1 aliphatic heterocycles. The van der Waals surface area contributed by atoms with Crippen LogP contribution in [0.4, 0.5) is 18.9 Å². The molecule has 1 amide bonds. The Balaban J connectivity index is 1.66. The number of ether oxygens (including phenoxy) is 1. The van der Waals surface area contributed by atoms with Crippen LogP contribution in [-0.4, -0.2) is 30.0 Å². The molecule has 0 aliphatic carbocycles. The molecule has 0 saturated heterocycles. The van der Waals surface area contributed by atoms with Gasteiger partial charge in [-0.3, -0.25) is 9.69 Å². The van der Waals surface area contributed by atoms with Crippen molar-refractivity contribution < 1.29 is 22.7 Å². The molecule has 2 aromatic carbocycles. The molecule has 1 atom stereocenters. The van der Waals surface area contributed by atoms with E-state index in [2.05, 4.69) is 5.32 Å². The van der Waals surface area contributed by atoms with Crippen LogP contribution in [0.15, 0.2) is 48.5 Å². The number of benzene rings is 2. The predicted molar refractivity (Wildman–Crippen MR) is 91.9 cm³/mol. The van der Waals surface area contributed by atoms with Gasteiger partial charge in [-0.15, -0.1) is 0 Å². The summed E-state index contributed by atoms with van der Waals surface area (Å²) < 4.78 is 43.5. The summed E-state index contributed by atoms with van der Waals surface area (Å²) in [5.41, 5.74) is 0.588. The highest BCUT2D eigenvalue weighted by atomic mass is 19.4. The van der Waals surface area contributed by atoms with E-state index < -0.39 is 17.8 Å². The zero-order chi connectivity index (χ0) is 18.7. The largest absolute Gasteiger partial charge is 0.492 e. The summed E-state index contributed by atoms with van der Waals surface area (Å²) in [7, 11) is 0. The number of hydrogen-bond acceptors (Lipinski definition) is 3. The van der Waals surface area contributed by atoms with E-state index in [9.17, 15) is 18.0 Å². The number of halogens is 3. The lowest BCUT2D eigenvalue weighted by Crippen LogP contribution is -2.42. The fourth-order valence-corrected chi connectivity index (χ4v) is 2.83. The maximum Gasteiger partial charge on any atom is 0.416 e. The summed E-state index contributed by atoms with van der Waals surface area (Å²) in [6.45, 7) is 3.39. The summed E-state index contributed by atoms with van der Waals surface area (Å²) in [5.74, 6) is 0.537. The molecule has 1 heterocycles. The van der Waals surface area contributed by atoms with Gasteiger partial charge in [0.2, 0.25) is 5.91 Å². The Bertz CT molecular complexity index is 775. The van der Waals surface area contributed by atoms with Gasteiger partial charge in [0.25, 0.3) is 0 Å². The van der Waals surface area contributed by atoms with Crippen molar-refractivity contribution in [1.82, 2.24) is 4.90 Å². The lowest BCUT2D eigenvalue weighted by Gasteiger charge is -2.26. The SMILES string of the molecule is CC(C(=O)Nc1ccc(C(F)(F)F)cc1)N1CCOc2ccccc2C1. The second-order valence-electron chi connectivity index (χ2n) is 6.17. The fraction of sp³-hybridized carbons (Fsp3) is 0.316. The van der Waals surface area contributed by atoms with Crippen LogP contribution in [0, 0.1) is 0 Å². The number of nitrogens with one attached hydrogen (secondary N) is 1. The molecule has 0 aromatic heterocycles. The first-order valence-corrected chi connectivity index (χ1v) is 8.27. The number of carbonyl (C=O) groups is 1. The first-order valence-electron chi connectivity index (χ1n) is 8.27. The van der Waals surface area contributed by atoms with Crippen LogP contribution in [0.25, 0.3) is 0 Å². The Morgan fingerprint density at radius 1 is 1.15 bits per heavy atom. The average molecular weight is 364 g/mol. The zero-order valence-electron chi connectivity index (χ0n) is 14.2. The van der Waals surface area contributed by atoms with Crippen molar-refractivity contribution in [3.63, 3.8) is 0 Å². The number of nitrogens with zero attached hydrogens (tertiary/aromatic N) is 1. The molecular formula is C19H19F3N2O2. The summed E-state index contributed by atoms with van der Waals surface area (Å²) in [6.07, 6.45) is -4.39. The molecule has 26 heavy (non-hydrogen) atoms. The minimum absolute atomic E-state index is 0.274. The average Bonchev–Trinajstić information content (AvgIpc) is 2.83. The second kappa shape index (κ2) is 7.37. The molecule has 0 saturated carbocycles. The van der Waals surface area contributed by atoms with Crippen LogP contribution < -0.4 is 10.1 Å². The Morgan fingerprint density at radius 3 is 2.54 bits per heavy atom. The topological polar surface area (TPSA) is 41.6 Å².